The zero-order valence-electron chi connectivity index (χ0n) is 14.8. The maximum Gasteiger partial charge on any atom is 0.407 e. The van der Waals surface area contributed by atoms with Crippen molar-refractivity contribution < 1.29 is 19.4 Å². The second kappa shape index (κ2) is 8.23. The molecular formula is C18H19N5O4. The maximum absolute atomic E-state index is 11.0. The fraction of sp³-hybridized carbons (Fsp3) is 0.333. The Morgan fingerprint density at radius 1 is 1.33 bits per heavy atom. The third kappa shape index (κ3) is 4.55. The fourth-order valence-corrected chi connectivity index (χ4v) is 2.82. The molecule has 0 atom stereocenters. The van der Waals surface area contributed by atoms with Gasteiger partial charge in [-0.15, -0.1) is 0 Å². The van der Waals surface area contributed by atoms with Crippen LogP contribution >= 0.6 is 0 Å². The van der Waals surface area contributed by atoms with Crippen molar-refractivity contribution in [3.63, 3.8) is 0 Å². The minimum absolute atomic E-state index is 0.0849. The Labute approximate surface area is 156 Å². The summed E-state index contributed by atoms with van der Waals surface area (Å²) in [5, 5.41) is 21.2. The van der Waals surface area contributed by atoms with Crippen LogP contribution in [0.15, 0.2) is 30.6 Å². The van der Waals surface area contributed by atoms with Crippen molar-refractivity contribution in [2.75, 3.05) is 25.5 Å². The summed E-state index contributed by atoms with van der Waals surface area (Å²) in [6, 6.07) is 8.87. The molecule has 9 heteroatoms. The number of hydrogen-bond acceptors (Lipinski definition) is 7. The summed E-state index contributed by atoms with van der Waals surface area (Å²) in [7, 11) is 1.51. The first kappa shape index (κ1) is 18.3. The van der Waals surface area contributed by atoms with E-state index in [9.17, 15) is 4.79 Å². The van der Waals surface area contributed by atoms with Gasteiger partial charge in [-0.3, -0.25) is 0 Å². The van der Waals surface area contributed by atoms with Gasteiger partial charge in [0.15, 0.2) is 0 Å². The summed E-state index contributed by atoms with van der Waals surface area (Å²) in [6.07, 6.45) is 1.64. The smallest absolute Gasteiger partial charge is 0.407 e. The zero-order chi connectivity index (χ0) is 19.2. The lowest BCUT2D eigenvalue weighted by Crippen LogP contribution is -2.41. The van der Waals surface area contributed by atoms with Gasteiger partial charge < -0.3 is 24.8 Å². The molecule has 1 aliphatic rings. The molecule has 0 saturated carbocycles. The third-order valence-electron chi connectivity index (χ3n) is 4.24. The zero-order valence-corrected chi connectivity index (χ0v) is 14.8. The molecule has 140 valence electrons. The highest BCUT2D eigenvalue weighted by molar-refractivity contribution is 5.65. The van der Waals surface area contributed by atoms with Crippen LogP contribution in [0.25, 0.3) is 0 Å². The van der Waals surface area contributed by atoms with Crippen LogP contribution in [-0.2, 0) is 0 Å². The Morgan fingerprint density at radius 3 is 2.78 bits per heavy atom. The average Bonchev–Trinajstić information content (AvgIpc) is 2.68. The highest BCUT2D eigenvalue weighted by Crippen LogP contribution is 2.25. The number of carboxylic acid groups (broad SMARTS) is 1. The van der Waals surface area contributed by atoms with Crippen LogP contribution in [0, 0.1) is 11.3 Å². The number of nitrogens with zero attached hydrogens (tertiary/aromatic N) is 4. The fourth-order valence-electron chi connectivity index (χ4n) is 2.82. The van der Waals surface area contributed by atoms with E-state index in [0.717, 1.165) is 0 Å². The largest absolute Gasteiger partial charge is 0.495 e. The SMILES string of the molecule is COc1cc(Nc2cc(OC3CCN(C(=O)O)CC3)ncn2)ccc1C#N. The molecule has 27 heavy (non-hydrogen) atoms. The van der Waals surface area contributed by atoms with Gasteiger partial charge in [0.25, 0.3) is 0 Å². The number of hydrogen-bond donors (Lipinski definition) is 2. The molecule has 1 aromatic carbocycles. The average molecular weight is 369 g/mol. The number of nitriles is 1. The van der Waals surface area contributed by atoms with Crippen LogP contribution in [-0.4, -0.2) is 52.4 Å². The maximum atomic E-state index is 11.0. The van der Waals surface area contributed by atoms with Gasteiger partial charge in [-0.2, -0.15) is 5.26 Å². The summed E-state index contributed by atoms with van der Waals surface area (Å²) in [6.45, 7) is 0.891. The Bertz CT molecular complexity index is 859. The highest BCUT2D eigenvalue weighted by atomic mass is 16.5. The van der Waals surface area contributed by atoms with Crippen LogP contribution < -0.4 is 14.8 Å². The van der Waals surface area contributed by atoms with Crippen LogP contribution in [0.4, 0.5) is 16.3 Å². The minimum atomic E-state index is -0.903. The van der Waals surface area contributed by atoms with Gasteiger partial charge in [-0.1, -0.05) is 0 Å². The van der Waals surface area contributed by atoms with Gasteiger partial charge in [0.05, 0.1) is 12.7 Å². The number of amides is 1. The summed E-state index contributed by atoms with van der Waals surface area (Å²) < 4.78 is 11.1. The first-order valence-corrected chi connectivity index (χ1v) is 8.41. The summed E-state index contributed by atoms with van der Waals surface area (Å²) in [5.74, 6) is 1.43. The summed E-state index contributed by atoms with van der Waals surface area (Å²) >= 11 is 0. The predicted octanol–water partition coefficient (Wildman–Crippen LogP) is 2.62. The van der Waals surface area contributed by atoms with Gasteiger partial charge >= 0.3 is 6.09 Å². The molecule has 1 saturated heterocycles. The van der Waals surface area contributed by atoms with E-state index >= 15 is 0 Å². The van der Waals surface area contributed by atoms with Crippen LogP contribution in [0.5, 0.6) is 11.6 Å². The molecule has 0 bridgehead atoms. The number of aromatic nitrogens is 2. The molecule has 0 aliphatic carbocycles. The van der Waals surface area contributed by atoms with E-state index in [1.165, 1.54) is 18.3 Å². The lowest BCUT2D eigenvalue weighted by atomic mass is 10.1. The molecule has 1 amide bonds. The Morgan fingerprint density at radius 2 is 2.11 bits per heavy atom. The van der Waals surface area contributed by atoms with Crippen molar-refractivity contribution in [1.82, 2.24) is 14.9 Å². The predicted molar refractivity (Wildman–Crippen MR) is 96.3 cm³/mol. The second-order valence-electron chi connectivity index (χ2n) is 5.98. The van der Waals surface area contributed by atoms with Crippen molar-refractivity contribution in [2.45, 2.75) is 18.9 Å². The van der Waals surface area contributed by atoms with Crippen molar-refractivity contribution in [1.29, 1.82) is 5.26 Å². The molecule has 2 N–H and O–H groups in total. The number of rotatable bonds is 5. The molecule has 2 aromatic rings. The monoisotopic (exact) mass is 369 g/mol. The van der Waals surface area contributed by atoms with Crippen molar-refractivity contribution >= 4 is 17.6 Å². The van der Waals surface area contributed by atoms with Gasteiger partial charge in [-0.05, 0) is 12.1 Å². The van der Waals surface area contributed by atoms with Crippen molar-refractivity contribution in [3.8, 4) is 17.7 Å². The second-order valence-corrected chi connectivity index (χ2v) is 5.98. The molecule has 2 heterocycles. The number of nitrogens with one attached hydrogen (secondary N) is 1. The van der Waals surface area contributed by atoms with Gasteiger partial charge in [0.1, 0.15) is 30.1 Å². The van der Waals surface area contributed by atoms with E-state index in [4.69, 9.17) is 19.8 Å². The number of methoxy groups -OCH3 is 1. The Hall–Kier alpha value is -3.54. The molecule has 0 unspecified atom stereocenters. The van der Waals surface area contributed by atoms with Crippen LogP contribution in [0.2, 0.25) is 0 Å². The van der Waals surface area contributed by atoms with E-state index in [2.05, 4.69) is 21.4 Å². The number of likely N-dealkylation sites (tertiary alicyclic amines) is 1. The Balaban J connectivity index is 1.64. The molecule has 1 aromatic heterocycles. The minimum Gasteiger partial charge on any atom is -0.495 e. The molecule has 3 rings (SSSR count). The van der Waals surface area contributed by atoms with Crippen molar-refractivity contribution in [2.24, 2.45) is 0 Å². The van der Waals surface area contributed by atoms with Crippen LogP contribution in [0.3, 0.4) is 0 Å². The van der Waals surface area contributed by atoms with Gasteiger partial charge in [0.2, 0.25) is 5.88 Å². The number of ether oxygens (including phenoxy) is 2. The lowest BCUT2D eigenvalue weighted by Gasteiger charge is -2.29. The van der Waals surface area contributed by atoms with E-state index in [1.807, 2.05) is 0 Å². The number of benzene rings is 1. The summed E-state index contributed by atoms with van der Waals surface area (Å²) in [4.78, 5) is 20.6. The van der Waals surface area contributed by atoms with E-state index in [0.29, 0.717) is 54.6 Å². The topological polar surface area (TPSA) is 121 Å². The first-order valence-electron chi connectivity index (χ1n) is 8.41. The molecule has 1 fully saturated rings. The number of carbonyl (C=O) groups is 1. The van der Waals surface area contributed by atoms with E-state index < -0.39 is 6.09 Å². The number of anilines is 2. The summed E-state index contributed by atoms with van der Waals surface area (Å²) in [5.41, 5.74) is 1.16. The van der Waals surface area contributed by atoms with Crippen molar-refractivity contribution in [3.05, 3.63) is 36.2 Å². The first-order chi connectivity index (χ1) is 13.1. The van der Waals surface area contributed by atoms with Crippen LogP contribution in [0.1, 0.15) is 18.4 Å². The molecular weight excluding hydrogens is 350 g/mol. The standard InChI is InChI=1S/C18H19N5O4/c1-26-15-8-13(3-2-12(15)10-19)22-16-9-17(21-11-20-16)27-14-4-6-23(7-5-14)18(24)25/h2-3,8-9,11,14H,4-7H2,1H3,(H,24,25)(H,20,21,22). The highest BCUT2D eigenvalue weighted by Gasteiger charge is 2.23. The van der Waals surface area contributed by atoms with Gasteiger partial charge in [0, 0.05) is 43.8 Å². The third-order valence-corrected chi connectivity index (χ3v) is 4.24. The van der Waals surface area contributed by atoms with E-state index in [-0.39, 0.29) is 6.10 Å². The molecule has 0 spiro atoms. The van der Waals surface area contributed by atoms with Gasteiger partial charge in [-0.25, -0.2) is 14.8 Å². The quantitative estimate of drug-likeness (QED) is 0.825. The molecule has 9 nitrogen and oxygen atoms in total. The Kier molecular flexibility index (Phi) is 5.56. The van der Waals surface area contributed by atoms with E-state index in [1.54, 1.807) is 24.3 Å². The number of piperidine rings is 1. The lowest BCUT2D eigenvalue weighted by molar-refractivity contribution is 0.0870. The molecule has 1 aliphatic heterocycles. The normalized spacial score (nSPS) is 14.3. The molecule has 0 radical (unpaired) electrons.